The lowest BCUT2D eigenvalue weighted by Gasteiger charge is -2.22. The van der Waals surface area contributed by atoms with Gasteiger partial charge in [0.15, 0.2) is 6.10 Å². The van der Waals surface area contributed by atoms with Gasteiger partial charge >= 0.3 is 5.97 Å². The van der Waals surface area contributed by atoms with Crippen molar-refractivity contribution in [3.63, 3.8) is 0 Å². The van der Waals surface area contributed by atoms with E-state index in [1.54, 1.807) is 0 Å². The molecule has 0 N–H and O–H groups in total. The van der Waals surface area contributed by atoms with Crippen LogP contribution < -0.4 is 0 Å². The molecular weight excluding hydrogens is 204 g/mol. The molecule has 0 aromatic heterocycles. The number of hydrogen-bond acceptors (Lipinski definition) is 3. The first kappa shape index (κ1) is 11.1. The minimum absolute atomic E-state index is 0.00583. The summed E-state index contributed by atoms with van der Waals surface area (Å²) < 4.78 is 10.9. The van der Waals surface area contributed by atoms with Crippen molar-refractivity contribution >= 4 is 5.97 Å². The van der Waals surface area contributed by atoms with E-state index in [2.05, 4.69) is 0 Å². The fraction of sp³-hybridized carbons (Fsp3) is 0.462. The van der Waals surface area contributed by atoms with Gasteiger partial charge in [0.25, 0.3) is 0 Å². The molecule has 0 aliphatic carbocycles. The smallest absolute Gasteiger partial charge is 0.303 e. The number of rotatable bonds is 3. The number of hydrogen-bond donors (Lipinski definition) is 0. The van der Waals surface area contributed by atoms with Crippen LogP contribution in [0.15, 0.2) is 30.3 Å². The minimum Gasteiger partial charge on any atom is -0.455 e. The highest BCUT2D eigenvalue weighted by atomic mass is 16.6. The average Bonchev–Trinajstić information content (AvgIpc) is 2.80. The second-order valence-corrected chi connectivity index (χ2v) is 3.99. The molecule has 0 spiro atoms. The largest absolute Gasteiger partial charge is 0.455 e. The second kappa shape index (κ2) is 5.12. The third kappa shape index (κ3) is 2.61. The zero-order valence-electron chi connectivity index (χ0n) is 9.39. The SMILES string of the molecule is CC(=O)OC(c1ccccc1)C1CCCO1. The first-order valence-corrected chi connectivity index (χ1v) is 5.61. The number of carbonyl (C=O) groups excluding carboxylic acids is 1. The quantitative estimate of drug-likeness (QED) is 0.734. The molecular formula is C13H16O3. The molecule has 2 atom stereocenters. The molecule has 0 amide bonds. The average molecular weight is 220 g/mol. The van der Waals surface area contributed by atoms with Gasteiger partial charge in [-0.15, -0.1) is 0 Å². The molecule has 1 aromatic rings. The normalized spacial score (nSPS) is 21.7. The molecule has 16 heavy (non-hydrogen) atoms. The Kier molecular flexibility index (Phi) is 3.57. The van der Waals surface area contributed by atoms with Crippen molar-refractivity contribution in [2.75, 3.05) is 6.61 Å². The first-order valence-electron chi connectivity index (χ1n) is 5.61. The van der Waals surface area contributed by atoms with Crippen molar-refractivity contribution in [3.05, 3.63) is 35.9 Å². The molecule has 1 saturated heterocycles. The summed E-state index contributed by atoms with van der Waals surface area (Å²) in [5, 5.41) is 0. The Morgan fingerprint density at radius 1 is 1.44 bits per heavy atom. The molecule has 1 aromatic carbocycles. The van der Waals surface area contributed by atoms with E-state index < -0.39 is 0 Å². The maximum atomic E-state index is 11.1. The molecule has 0 radical (unpaired) electrons. The number of ether oxygens (including phenoxy) is 2. The Morgan fingerprint density at radius 3 is 2.75 bits per heavy atom. The molecule has 1 fully saturated rings. The Morgan fingerprint density at radius 2 is 2.19 bits per heavy atom. The molecule has 0 saturated carbocycles. The van der Waals surface area contributed by atoms with Crippen LogP contribution in [0.4, 0.5) is 0 Å². The van der Waals surface area contributed by atoms with Crippen LogP contribution in [0.25, 0.3) is 0 Å². The highest BCUT2D eigenvalue weighted by Crippen LogP contribution is 2.29. The van der Waals surface area contributed by atoms with Crippen LogP contribution in [-0.4, -0.2) is 18.7 Å². The van der Waals surface area contributed by atoms with E-state index in [0.29, 0.717) is 0 Å². The zero-order chi connectivity index (χ0) is 11.4. The van der Waals surface area contributed by atoms with Gasteiger partial charge in [0, 0.05) is 13.5 Å². The van der Waals surface area contributed by atoms with E-state index in [1.807, 2.05) is 30.3 Å². The fourth-order valence-corrected chi connectivity index (χ4v) is 2.02. The van der Waals surface area contributed by atoms with Crippen LogP contribution in [0, 0.1) is 0 Å². The van der Waals surface area contributed by atoms with Gasteiger partial charge in [-0.3, -0.25) is 4.79 Å². The molecule has 3 nitrogen and oxygen atoms in total. The van der Waals surface area contributed by atoms with Gasteiger partial charge in [0.2, 0.25) is 0 Å². The predicted molar refractivity (Wildman–Crippen MR) is 59.9 cm³/mol. The monoisotopic (exact) mass is 220 g/mol. The molecule has 2 rings (SSSR count). The predicted octanol–water partition coefficient (Wildman–Crippen LogP) is 2.47. The summed E-state index contributed by atoms with van der Waals surface area (Å²) in [5.41, 5.74) is 1.00. The highest BCUT2D eigenvalue weighted by molar-refractivity contribution is 5.66. The summed E-state index contributed by atoms with van der Waals surface area (Å²) in [7, 11) is 0. The summed E-state index contributed by atoms with van der Waals surface area (Å²) in [6.07, 6.45) is 1.73. The summed E-state index contributed by atoms with van der Waals surface area (Å²) in [6, 6.07) is 9.77. The highest BCUT2D eigenvalue weighted by Gasteiger charge is 2.29. The lowest BCUT2D eigenvalue weighted by atomic mass is 10.0. The maximum absolute atomic E-state index is 11.1. The van der Waals surface area contributed by atoms with Crippen molar-refractivity contribution < 1.29 is 14.3 Å². The first-order chi connectivity index (χ1) is 7.77. The van der Waals surface area contributed by atoms with E-state index in [1.165, 1.54) is 6.92 Å². The number of carbonyl (C=O) groups is 1. The van der Waals surface area contributed by atoms with E-state index in [-0.39, 0.29) is 18.2 Å². The van der Waals surface area contributed by atoms with Crippen molar-refractivity contribution in [2.24, 2.45) is 0 Å². The number of benzene rings is 1. The van der Waals surface area contributed by atoms with E-state index >= 15 is 0 Å². The molecule has 86 valence electrons. The van der Waals surface area contributed by atoms with Crippen LogP contribution in [0.5, 0.6) is 0 Å². The van der Waals surface area contributed by atoms with Gasteiger partial charge in [0.1, 0.15) is 0 Å². The van der Waals surface area contributed by atoms with Crippen molar-refractivity contribution in [1.82, 2.24) is 0 Å². The topological polar surface area (TPSA) is 35.5 Å². The second-order valence-electron chi connectivity index (χ2n) is 3.99. The van der Waals surface area contributed by atoms with Crippen LogP contribution >= 0.6 is 0 Å². The third-order valence-corrected chi connectivity index (χ3v) is 2.72. The van der Waals surface area contributed by atoms with Crippen molar-refractivity contribution in [3.8, 4) is 0 Å². The van der Waals surface area contributed by atoms with Crippen LogP contribution in [0.3, 0.4) is 0 Å². The van der Waals surface area contributed by atoms with Gasteiger partial charge in [-0.25, -0.2) is 0 Å². The molecule has 2 unspecified atom stereocenters. The molecule has 3 heteroatoms. The molecule has 1 aliphatic heterocycles. The summed E-state index contributed by atoms with van der Waals surface area (Å²) in [6.45, 7) is 2.19. The van der Waals surface area contributed by atoms with E-state index in [9.17, 15) is 4.79 Å². The van der Waals surface area contributed by atoms with Crippen molar-refractivity contribution in [1.29, 1.82) is 0 Å². The third-order valence-electron chi connectivity index (χ3n) is 2.72. The van der Waals surface area contributed by atoms with E-state index in [0.717, 1.165) is 25.0 Å². The Bertz CT molecular complexity index is 341. The lowest BCUT2D eigenvalue weighted by molar-refractivity contribution is -0.153. The minimum atomic E-state index is -0.263. The van der Waals surface area contributed by atoms with Gasteiger partial charge in [0.05, 0.1) is 6.10 Å². The van der Waals surface area contributed by atoms with Crippen LogP contribution in [-0.2, 0) is 14.3 Å². The zero-order valence-corrected chi connectivity index (χ0v) is 9.39. The van der Waals surface area contributed by atoms with Crippen molar-refractivity contribution in [2.45, 2.75) is 32.0 Å². The van der Waals surface area contributed by atoms with Gasteiger partial charge < -0.3 is 9.47 Å². The Labute approximate surface area is 95.4 Å². The van der Waals surface area contributed by atoms with E-state index in [4.69, 9.17) is 9.47 Å². The van der Waals surface area contributed by atoms with Crippen LogP contribution in [0.1, 0.15) is 31.4 Å². The Hall–Kier alpha value is -1.35. The standard InChI is InChI=1S/C13H16O3/c1-10(14)16-13(12-8-5-9-15-12)11-6-3-2-4-7-11/h2-4,6-7,12-13H,5,8-9H2,1H3. The fourth-order valence-electron chi connectivity index (χ4n) is 2.02. The van der Waals surface area contributed by atoms with Gasteiger partial charge in [-0.1, -0.05) is 30.3 Å². The lowest BCUT2D eigenvalue weighted by Crippen LogP contribution is -2.22. The molecule has 0 bridgehead atoms. The van der Waals surface area contributed by atoms with Crippen LogP contribution in [0.2, 0.25) is 0 Å². The summed E-state index contributed by atoms with van der Waals surface area (Å²) in [5.74, 6) is -0.260. The van der Waals surface area contributed by atoms with Gasteiger partial charge in [-0.05, 0) is 18.4 Å². The summed E-state index contributed by atoms with van der Waals surface area (Å²) in [4.78, 5) is 11.1. The molecule has 1 aliphatic rings. The molecule has 1 heterocycles. The maximum Gasteiger partial charge on any atom is 0.303 e. The number of esters is 1. The van der Waals surface area contributed by atoms with Gasteiger partial charge in [-0.2, -0.15) is 0 Å². The summed E-state index contributed by atoms with van der Waals surface area (Å²) >= 11 is 0. The Balaban J connectivity index is 2.16.